The second-order valence-electron chi connectivity index (χ2n) is 3.54. The van der Waals surface area contributed by atoms with Gasteiger partial charge in [-0.1, -0.05) is 0 Å². The van der Waals surface area contributed by atoms with Crippen molar-refractivity contribution in [1.29, 1.82) is 0 Å². The highest BCUT2D eigenvalue weighted by molar-refractivity contribution is 9.10. The van der Waals surface area contributed by atoms with Crippen LogP contribution in [-0.4, -0.2) is 15.0 Å². The van der Waals surface area contributed by atoms with Crippen LogP contribution in [0.15, 0.2) is 37.8 Å². The van der Waals surface area contributed by atoms with Crippen molar-refractivity contribution in [2.45, 2.75) is 24.0 Å². The summed E-state index contributed by atoms with van der Waals surface area (Å²) in [4.78, 5) is 22.5. The number of aromatic nitrogens is 3. The number of H-pyrrole nitrogens is 1. The first-order chi connectivity index (χ1) is 8.06. The molecule has 88 valence electrons. The molecule has 4 nitrogen and oxygen atoms in total. The summed E-state index contributed by atoms with van der Waals surface area (Å²) in [6.07, 6.45) is 1.73. The number of hydrogen-bond acceptors (Lipinski definition) is 4. The second kappa shape index (κ2) is 5.01. The lowest BCUT2D eigenvalue weighted by atomic mass is 10.3. The second-order valence-corrected chi connectivity index (χ2v) is 5.31. The number of rotatable bonds is 2. The van der Waals surface area contributed by atoms with Gasteiger partial charge < -0.3 is 4.98 Å². The lowest BCUT2D eigenvalue weighted by Gasteiger charge is -2.04. The van der Waals surface area contributed by atoms with E-state index >= 15 is 0 Å². The van der Waals surface area contributed by atoms with Gasteiger partial charge in [-0.05, 0) is 53.2 Å². The number of nitrogens with one attached hydrogen (secondary N) is 1. The van der Waals surface area contributed by atoms with Gasteiger partial charge in [0.05, 0.1) is 4.47 Å². The summed E-state index contributed by atoms with van der Waals surface area (Å²) in [7, 11) is 0. The molecular weight excluding hydrogens is 302 g/mol. The largest absolute Gasteiger partial charge is 0.301 e. The maximum Gasteiger partial charge on any atom is 0.251 e. The van der Waals surface area contributed by atoms with Crippen LogP contribution in [0.2, 0.25) is 0 Å². The number of pyridine rings is 1. The molecule has 0 fully saturated rings. The van der Waals surface area contributed by atoms with Crippen molar-refractivity contribution in [3.63, 3.8) is 0 Å². The first-order valence-electron chi connectivity index (χ1n) is 4.93. The first-order valence-corrected chi connectivity index (χ1v) is 6.54. The molecule has 2 aromatic rings. The Balaban J connectivity index is 2.38. The molecule has 0 aliphatic rings. The molecule has 1 N–H and O–H groups in total. The Morgan fingerprint density at radius 3 is 2.88 bits per heavy atom. The summed E-state index contributed by atoms with van der Waals surface area (Å²) in [5, 5.41) is 1.34. The van der Waals surface area contributed by atoms with Crippen molar-refractivity contribution >= 4 is 27.7 Å². The zero-order valence-electron chi connectivity index (χ0n) is 9.32. The van der Waals surface area contributed by atoms with Crippen molar-refractivity contribution in [1.82, 2.24) is 15.0 Å². The predicted octanol–water partition coefficient (Wildman–Crippen LogP) is 2.70. The third-order valence-corrected chi connectivity index (χ3v) is 4.24. The fourth-order valence-electron chi connectivity index (χ4n) is 1.28. The molecule has 2 rings (SSSR count). The molecule has 0 spiro atoms. The Hall–Kier alpha value is -1.14. The molecular formula is C11H10BrN3OS. The summed E-state index contributed by atoms with van der Waals surface area (Å²) in [5.74, 6) is 0. The summed E-state index contributed by atoms with van der Waals surface area (Å²) in [5.41, 5.74) is 1.64. The number of nitrogens with zero attached hydrogens (tertiary/aromatic N) is 2. The van der Waals surface area contributed by atoms with Gasteiger partial charge in [-0.2, -0.15) is 0 Å². The Labute approximate surface area is 111 Å². The Morgan fingerprint density at radius 1 is 1.41 bits per heavy atom. The van der Waals surface area contributed by atoms with Crippen molar-refractivity contribution in [3.05, 3.63) is 44.4 Å². The normalized spacial score (nSPS) is 10.5. The van der Waals surface area contributed by atoms with E-state index in [0.29, 0.717) is 10.9 Å². The van der Waals surface area contributed by atoms with Crippen LogP contribution < -0.4 is 5.56 Å². The predicted molar refractivity (Wildman–Crippen MR) is 70.4 cm³/mol. The summed E-state index contributed by atoms with van der Waals surface area (Å²) < 4.78 is 0.925. The number of hydrogen-bond donors (Lipinski definition) is 1. The molecule has 2 heterocycles. The average Bonchev–Trinajstić information content (AvgIpc) is 2.23. The van der Waals surface area contributed by atoms with E-state index in [9.17, 15) is 4.79 Å². The minimum Gasteiger partial charge on any atom is -0.301 e. The first kappa shape index (κ1) is 12.3. The standard InChI is InChI=1S/C11H10BrN3OS/c1-6-3-4-13-10(9(6)12)17-11-14-7(2)5-8(16)15-11/h3-5H,1-2H3,(H,14,15,16). The van der Waals surface area contributed by atoms with Crippen LogP contribution in [0.25, 0.3) is 0 Å². The van der Waals surface area contributed by atoms with E-state index in [4.69, 9.17) is 0 Å². The van der Waals surface area contributed by atoms with E-state index in [1.807, 2.05) is 13.0 Å². The molecule has 0 bridgehead atoms. The van der Waals surface area contributed by atoms with Crippen LogP contribution in [0.3, 0.4) is 0 Å². The van der Waals surface area contributed by atoms with E-state index in [1.165, 1.54) is 17.8 Å². The molecule has 17 heavy (non-hydrogen) atoms. The van der Waals surface area contributed by atoms with Gasteiger partial charge in [-0.3, -0.25) is 4.79 Å². The van der Waals surface area contributed by atoms with Gasteiger partial charge in [0.15, 0.2) is 5.16 Å². The monoisotopic (exact) mass is 311 g/mol. The topological polar surface area (TPSA) is 58.6 Å². The van der Waals surface area contributed by atoms with Gasteiger partial charge >= 0.3 is 0 Å². The molecule has 0 saturated carbocycles. The van der Waals surface area contributed by atoms with Gasteiger partial charge in [0.25, 0.3) is 5.56 Å². The number of aromatic amines is 1. The lowest BCUT2D eigenvalue weighted by molar-refractivity contribution is 0.900. The minimum absolute atomic E-state index is 0.149. The molecule has 0 aliphatic heterocycles. The molecule has 0 amide bonds. The third-order valence-electron chi connectivity index (χ3n) is 2.09. The minimum atomic E-state index is -0.149. The molecule has 6 heteroatoms. The molecule has 0 atom stereocenters. The highest BCUT2D eigenvalue weighted by Crippen LogP contribution is 2.30. The molecule has 0 unspecified atom stereocenters. The molecule has 0 aliphatic carbocycles. The van der Waals surface area contributed by atoms with Gasteiger partial charge in [0, 0.05) is 18.0 Å². The van der Waals surface area contributed by atoms with Crippen LogP contribution >= 0.6 is 27.7 Å². The van der Waals surface area contributed by atoms with Crippen LogP contribution in [0, 0.1) is 13.8 Å². The zero-order valence-corrected chi connectivity index (χ0v) is 11.7. The molecule has 0 saturated heterocycles. The maximum absolute atomic E-state index is 11.3. The highest BCUT2D eigenvalue weighted by atomic mass is 79.9. The van der Waals surface area contributed by atoms with Gasteiger partial charge in [0.1, 0.15) is 5.03 Å². The SMILES string of the molecule is Cc1cc(=O)[nH]c(Sc2nccc(C)c2Br)n1. The smallest absolute Gasteiger partial charge is 0.251 e. The van der Waals surface area contributed by atoms with Crippen molar-refractivity contribution in [2.75, 3.05) is 0 Å². The van der Waals surface area contributed by atoms with Crippen molar-refractivity contribution < 1.29 is 0 Å². The van der Waals surface area contributed by atoms with Gasteiger partial charge in [0.2, 0.25) is 0 Å². The lowest BCUT2D eigenvalue weighted by Crippen LogP contribution is -2.08. The van der Waals surface area contributed by atoms with E-state index in [2.05, 4.69) is 30.9 Å². The van der Waals surface area contributed by atoms with Crippen LogP contribution in [0.1, 0.15) is 11.3 Å². The fourth-order valence-corrected chi connectivity index (χ4v) is 2.64. The summed E-state index contributed by atoms with van der Waals surface area (Å²) in [6.45, 7) is 3.78. The zero-order chi connectivity index (χ0) is 12.4. The summed E-state index contributed by atoms with van der Waals surface area (Å²) in [6, 6.07) is 3.38. The van der Waals surface area contributed by atoms with Crippen molar-refractivity contribution in [2.24, 2.45) is 0 Å². The fraction of sp³-hybridized carbons (Fsp3) is 0.182. The highest BCUT2D eigenvalue weighted by Gasteiger charge is 2.08. The Morgan fingerprint density at radius 2 is 2.18 bits per heavy atom. The molecule has 0 radical (unpaired) electrons. The van der Waals surface area contributed by atoms with Gasteiger partial charge in [-0.25, -0.2) is 9.97 Å². The maximum atomic E-state index is 11.3. The van der Waals surface area contributed by atoms with Gasteiger partial charge in [-0.15, -0.1) is 0 Å². The average molecular weight is 312 g/mol. The van der Waals surface area contributed by atoms with E-state index < -0.39 is 0 Å². The van der Waals surface area contributed by atoms with Crippen LogP contribution in [0.5, 0.6) is 0 Å². The quantitative estimate of drug-likeness (QED) is 0.866. The third kappa shape index (κ3) is 2.95. The Kier molecular flexibility index (Phi) is 3.63. The molecule has 2 aromatic heterocycles. The summed E-state index contributed by atoms with van der Waals surface area (Å²) >= 11 is 4.80. The molecule has 0 aromatic carbocycles. The van der Waals surface area contributed by atoms with E-state index in [1.54, 1.807) is 13.1 Å². The van der Waals surface area contributed by atoms with Crippen LogP contribution in [0.4, 0.5) is 0 Å². The van der Waals surface area contributed by atoms with Crippen molar-refractivity contribution in [3.8, 4) is 0 Å². The Bertz CT molecular complexity index is 612. The number of aryl methyl sites for hydroxylation is 2. The van der Waals surface area contributed by atoms with E-state index in [0.717, 1.165) is 15.1 Å². The van der Waals surface area contributed by atoms with Crippen LogP contribution in [-0.2, 0) is 0 Å². The number of halogens is 1. The van der Waals surface area contributed by atoms with E-state index in [-0.39, 0.29) is 5.56 Å².